The molecule has 170 valence electrons. The topological polar surface area (TPSA) is 91.8 Å². The van der Waals surface area contributed by atoms with Crippen molar-refractivity contribution in [3.05, 3.63) is 48.0 Å². The van der Waals surface area contributed by atoms with Crippen LogP contribution in [0.25, 0.3) is 22.4 Å². The zero-order valence-corrected chi connectivity index (χ0v) is 19.0. The molecule has 0 atom stereocenters. The predicted octanol–water partition coefficient (Wildman–Crippen LogP) is 2.66. The Morgan fingerprint density at radius 3 is 2.53 bits per heavy atom. The van der Waals surface area contributed by atoms with Crippen LogP contribution in [0.3, 0.4) is 0 Å². The fourth-order valence-electron chi connectivity index (χ4n) is 3.64. The zero-order chi connectivity index (χ0) is 20.3. The number of rotatable bonds is 5. The van der Waals surface area contributed by atoms with E-state index in [4.69, 9.17) is 9.47 Å². The Balaban J connectivity index is 0.00000144. The third-order valence-corrected chi connectivity index (χ3v) is 5.28. The number of nitrogens with zero attached hydrogens (tertiary/aromatic N) is 3. The number of amides is 1. The molecule has 0 saturated carbocycles. The normalized spacial score (nSPS) is 15.4. The number of amidine groups is 1. The number of carbonyl (C=O) groups excluding carboxylic acids is 1. The van der Waals surface area contributed by atoms with Crippen molar-refractivity contribution >= 4 is 47.6 Å². The molecule has 8 nitrogen and oxygen atoms in total. The highest BCUT2D eigenvalue weighted by Gasteiger charge is 2.17. The van der Waals surface area contributed by atoms with Crippen molar-refractivity contribution in [2.24, 2.45) is 4.99 Å². The second kappa shape index (κ2) is 10.7. The summed E-state index contributed by atoms with van der Waals surface area (Å²) < 4.78 is 10.9. The zero-order valence-electron chi connectivity index (χ0n) is 17.4. The highest BCUT2D eigenvalue weighted by molar-refractivity contribution is 6.02. The van der Waals surface area contributed by atoms with Crippen molar-refractivity contribution in [3.63, 3.8) is 0 Å². The molecular formula is C22H25Cl2N5O3. The summed E-state index contributed by atoms with van der Waals surface area (Å²) in [5.41, 5.74) is 3.89. The number of nitrogens with one attached hydrogen (secondary N) is 2. The van der Waals surface area contributed by atoms with Crippen LogP contribution in [0.15, 0.2) is 47.5 Å². The van der Waals surface area contributed by atoms with E-state index in [0.29, 0.717) is 32.1 Å². The number of ether oxygens (including phenoxy) is 2. The standard InChI is InChI=1S/C22H23N5O3.2ClH/c28-20(27-9-11-29-12-10-27)14-30-17-4-1-15(2-5-17)22-25-18-6-3-16(13-19(18)26-22)21-23-7-8-24-21;;/h1-6,13H,7-12,14H2,(H,23,24)(H,25,26);2*1H. The van der Waals surface area contributed by atoms with E-state index in [1.54, 1.807) is 4.90 Å². The Hall–Kier alpha value is -2.81. The van der Waals surface area contributed by atoms with E-state index in [1.807, 2.05) is 36.4 Å². The second-order valence-electron chi connectivity index (χ2n) is 7.28. The first-order valence-electron chi connectivity index (χ1n) is 10.1. The van der Waals surface area contributed by atoms with E-state index in [1.165, 1.54) is 0 Å². The summed E-state index contributed by atoms with van der Waals surface area (Å²) in [5.74, 6) is 2.36. The maximum absolute atomic E-state index is 12.2. The van der Waals surface area contributed by atoms with Gasteiger partial charge in [0.2, 0.25) is 0 Å². The van der Waals surface area contributed by atoms with Gasteiger partial charge in [-0.25, -0.2) is 4.98 Å². The number of hydrogen-bond acceptors (Lipinski definition) is 6. The van der Waals surface area contributed by atoms with Gasteiger partial charge in [0.25, 0.3) is 5.91 Å². The van der Waals surface area contributed by atoms with Gasteiger partial charge in [0.15, 0.2) is 6.61 Å². The van der Waals surface area contributed by atoms with E-state index in [2.05, 4.69) is 26.3 Å². The smallest absolute Gasteiger partial charge is 0.260 e. The number of morpholine rings is 1. The number of halogens is 2. The number of hydrogen-bond donors (Lipinski definition) is 2. The number of benzene rings is 2. The minimum absolute atomic E-state index is 0. The number of fused-ring (bicyclic) bond motifs is 1. The van der Waals surface area contributed by atoms with Crippen molar-refractivity contribution in [1.29, 1.82) is 0 Å². The lowest BCUT2D eigenvalue weighted by molar-refractivity contribution is -0.137. The SMILES string of the molecule is Cl.Cl.O=C(COc1ccc(-c2nc3ccc(C4=NCCN4)cc3[nH]2)cc1)N1CCOCC1. The molecule has 0 aliphatic carbocycles. The van der Waals surface area contributed by atoms with Crippen molar-refractivity contribution < 1.29 is 14.3 Å². The first-order valence-corrected chi connectivity index (χ1v) is 10.1. The van der Waals surface area contributed by atoms with Crippen molar-refractivity contribution in [2.45, 2.75) is 0 Å². The van der Waals surface area contributed by atoms with Gasteiger partial charge in [-0.2, -0.15) is 0 Å². The molecule has 5 rings (SSSR count). The molecule has 10 heteroatoms. The summed E-state index contributed by atoms with van der Waals surface area (Å²) in [7, 11) is 0. The maximum Gasteiger partial charge on any atom is 0.260 e. The molecule has 0 spiro atoms. The first kappa shape index (κ1) is 23.8. The minimum atomic E-state index is -0.0168. The lowest BCUT2D eigenvalue weighted by atomic mass is 10.2. The predicted molar refractivity (Wildman–Crippen MR) is 128 cm³/mol. The molecule has 0 radical (unpaired) electrons. The summed E-state index contributed by atoms with van der Waals surface area (Å²) in [6.45, 7) is 4.15. The molecule has 0 bridgehead atoms. The number of aliphatic imine (C=N–C) groups is 1. The van der Waals surface area contributed by atoms with Crippen LogP contribution in [-0.4, -0.2) is 72.6 Å². The number of aromatic amines is 1. The van der Waals surface area contributed by atoms with Crippen LogP contribution in [0.5, 0.6) is 5.75 Å². The molecule has 3 aromatic rings. The van der Waals surface area contributed by atoms with Gasteiger partial charge in [0.05, 0.1) is 30.8 Å². The van der Waals surface area contributed by atoms with Crippen LogP contribution in [0, 0.1) is 0 Å². The largest absolute Gasteiger partial charge is 0.484 e. The lowest BCUT2D eigenvalue weighted by Gasteiger charge is -2.26. The summed E-state index contributed by atoms with van der Waals surface area (Å²) in [6.07, 6.45) is 0. The van der Waals surface area contributed by atoms with Crippen molar-refractivity contribution in [1.82, 2.24) is 20.2 Å². The van der Waals surface area contributed by atoms with Gasteiger partial charge in [0.1, 0.15) is 17.4 Å². The van der Waals surface area contributed by atoms with Crippen LogP contribution in [-0.2, 0) is 9.53 Å². The average molecular weight is 478 g/mol. The van der Waals surface area contributed by atoms with E-state index in [-0.39, 0.29) is 37.3 Å². The van der Waals surface area contributed by atoms with Gasteiger partial charge in [-0.05, 0) is 42.5 Å². The maximum atomic E-state index is 12.2. The van der Waals surface area contributed by atoms with E-state index in [0.717, 1.165) is 46.9 Å². The summed E-state index contributed by atoms with van der Waals surface area (Å²) in [4.78, 5) is 26.5. The Labute approximate surface area is 198 Å². The number of carbonyl (C=O) groups is 1. The number of aromatic nitrogens is 2. The minimum Gasteiger partial charge on any atom is -0.484 e. The van der Waals surface area contributed by atoms with Crippen LogP contribution in [0.1, 0.15) is 5.56 Å². The van der Waals surface area contributed by atoms with Crippen LogP contribution in [0.4, 0.5) is 0 Å². The third kappa shape index (κ3) is 5.15. The Morgan fingerprint density at radius 1 is 1.06 bits per heavy atom. The third-order valence-electron chi connectivity index (χ3n) is 5.28. The molecule has 1 fully saturated rings. The second-order valence-corrected chi connectivity index (χ2v) is 7.28. The fraction of sp³-hybridized carbons (Fsp3) is 0.318. The monoisotopic (exact) mass is 477 g/mol. The Kier molecular flexibility index (Phi) is 7.95. The van der Waals surface area contributed by atoms with Gasteiger partial charge >= 0.3 is 0 Å². The van der Waals surface area contributed by atoms with Gasteiger partial charge < -0.3 is 24.7 Å². The average Bonchev–Trinajstić information content (AvgIpc) is 3.48. The molecule has 2 N–H and O–H groups in total. The first-order chi connectivity index (χ1) is 14.8. The molecule has 3 heterocycles. The molecule has 2 aliphatic rings. The molecule has 1 saturated heterocycles. The summed E-state index contributed by atoms with van der Waals surface area (Å²) in [6, 6.07) is 13.7. The highest BCUT2D eigenvalue weighted by Crippen LogP contribution is 2.24. The highest BCUT2D eigenvalue weighted by atomic mass is 35.5. The van der Waals surface area contributed by atoms with E-state index in [9.17, 15) is 4.79 Å². The summed E-state index contributed by atoms with van der Waals surface area (Å²) >= 11 is 0. The fourth-order valence-corrected chi connectivity index (χ4v) is 3.64. The molecule has 1 amide bonds. The van der Waals surface area contributed by atoms with E-state index >= 15 is 0 Å². The Bertz CT molecular complexity index is 1090. The molecule has 0 unspecified atom stereocenters. The van der Waals surface area contributed by atoms with E-state index < -0.39 is 0 Å². The van der Waals surface area contributed by atoms with Gasteiger partial charge in [-0.3, -0.25) is 9.79 Å². The Morgan fingerprint density at radius 2 is 1.81 bits per heavy atom. The molecular weight excluding hydrogens is 453 g/mol. The van der Waals surface area contributed by atoms with Crippen molar-refractivity contribution in [3.8, 4) is 17.1 Å². The van der Waals surface area contributed by atoms with Crippen LogP contribution < -0.4 is 10.1 Å². The van der Waals surface area contributed by atoms with Crippen molar-refractivity contribution in [2.75, 3.05) is 46.0 Å². The summed E-state index contributed by atoms with van der Waals surface area (Å²) in [5, 5.41) is 3.29. The molecule has 1 aromatic heterocycles. The van der Waals surface area contributed by atoms with Crippen LogP contribution in [0.2, 0.25) is 0 Å². The molecule has 2 aromatic carbocycles. The molecule has 32 heavy (non-hydrogen) atoms. The number of imidazole rings is 1. The van der Waals surface area contributed by atoms with Crippen LogP contribution >= 0.6 is 24.8 Å². The number of H-pyrrole nitrogens is 1. The van der Waals surface area contributed by atoms with Gasteiger partial charge in [0, 0.05) is 30.8 Å². The lowest BCUT2D eigenvalue weighted by Crippen LogP contribution is -2.42. The quantitative estimate of drug-likeness (QED) is 0.589. The van der Waals surface area contributed by atoms with Gasteiger partial charge in [-0.1, -0.05) is 0 Å². The molecule has 2 aliphatic heterocycles. The van der Waals surface area contributed by atoms with Gasteiger partial charge in [-0.15, -0.1) is 24.8 Å².